The molecule has 3 N–H and O–H groups in total. The van der Waals surface area contributed by atoms with Gasteiger partial charge < -0.3 is 29.9 Å². The number of carbonyl (C=O) groups is 2. The summed E-state index contributed by atoms with van der Waals surface area (Å²) in [4.78, 5) is 24.3. The molecule has 0 bridgehead atoms. The van der Waals surface area contributed by atoms with Gasteiger partial charge in [0.2, 0.25) is 0 Å². The van der Waals surface area contributed by atoms with Crippen LogP contribution in [0.1, 0.15) is 12.8 Å². The van der Waals surface area contributed by atoms with E-state index in [0.717, 1.165) is 4.90 Å². The summed E-state index contributed by atoms with van der Waals surface area (Å²) in [5.41, 5.74) is -0.549. The summed E-state index contributed by atoms with van der Waals surface area (Å²) in [7, 11) is 1.56. The van der Waals surface area contributed by atoms with Crippen molar-refractivity contribution in [1.29, 1.82) is 0 Å². The Morgan fingerprint density at radius 3 is 2.85 bits per heavy atom. The third-order valence-electron chi connectivity index (χ3n) is 3.89. The average molecular weight is 288 g/mol. The normalized spacial score (nSPS) is 33.4. The lowest BCUT2D eigenvalue weighted by Crippen LogP contribution is -2.51. The number of methoxy groups -OCH3 is 1. The van der Waals surface area contributed by atoms with Crippen LogP contribution in [0.2, 0.25) is 0 Å². The second-order valence-electron chi connectivity index (χ2n) is 5.24. The zero-order valence-corrected chi connectivity index (χ0v) is 11.4. The predicted octanol–water partition coefficient (Wildman–Crippen LogP) is -0.979. The first-order valence-corrected chi connectivity index (χ1v) is 6.56. The van der Waals surface area contributed by atoms with Gasteiger partial charge in [-0.2, -0.15) is 0 Å². The van der Waals surface area contributed by atoms with Gasteiger partial charge in [-0.1, -0.05) is 0 Å². The van der Waals surface area contributed by atoms with Gasteiger partial charge >= 0.3 is 12.0 Å². The largest absolute Gasteiger partial charge is 0.480 e. The summed E-state index contributed by atoms with van der Waals surface area (Å²) in [6, 6.07) is -1.49. The molecule has 1 unspecified atom stereocenters. The fraction of sp³-hybridized carbons (Fsp3) is 0.833. The number of carboxylic acid groups (broad SMARTS) is 1. The van der Waals surface area contributed by atoms with Crippen molar-refractivity contribution in [2.45, 2.75) is 30.6 Å². The molecule has 2 aliphatic heterocycles. The molecule has 2 amide bonds. The number of aliphatic carboxylic acids is 1. The summed E-state index contributed by atoms with van der Waals surface area (Å²) in [6.07, 6.45) is -0.0659. The number of rotatable bonds is 4. The first kappa shape index (κ1) is 15.0. The van der Waals surface area contributed by atoms with Crippen LogP contribution in [0.3, 0.4) is 0 Å². The monoisotopic (exact) mass is 288 g/mol. The molecular formula is C12H20N2O6. The maximum absolute atomic E-state index is 12.1. The summed E-state index contributed by atoms with van der Waals surface area (Å²) < 4.78 is 10.6. The van der Waals surface area contributed by atoms with Crippen LogP contribution in [-0.4, -0.2) is 78.3 Å². The molecule has 8 nitrogen and oxygen atoms in total. The molecule has 8 heteroatoms. The van der Waals surface area contributed by atoms with E-state index >= 15 is 0 Å². The van der Waals surface area contributed by atoms with E-state index in [1.807, 2.05) is 0 Å². The van der Waals surface area contributed by atoms with Gasteiger partial charge in [0.05, 0.1) is 19.3 Å². The Hall–Kier alpha value is -1.38. The SMILES string of the molecule is COC1(CNC(=O)N2C[C@H](O)C[C@H]2C(=O)O)CCOC1. The van der Waals surface area contributed by atoms with Gasteiger partial charge in [-0.15, -0.1) is 0 Å². The smallest absolute Gasteiger partial charge is 0.326 e. The van der Waals surface area contributed by atoms with Crippen molar-refractivity contribution in [3.63, 3.8) is 0 Å². The first-order chi connectivity index (χ1) is 9.47. The second kappa shape index (κ2) is 5.94. The van der Waals surface area contributed by atoms with Gasteiger partial charge in [0.15, 0.2) is 0 Å². The highest BCUT2D eigenvalue weighted by Gasteiger charge is 2.40. The maximum atomic E-state index is 12.1. The number of urea groups is 1. The number of likely N-dealkylation sites (tertiary alicyclic amines) is 1. The number of carboxylic acids is 1. The van der Waals surface area contributed by atoms with Crippen LogP contribution in [0.15, 0.2) is 0 Å². The molecule has 2 saturated heterocycles. The van der Waals surface area contributed by atoms with E-state index in [-0.39, 0.29) is 19.5 Å². The molecule has 2 aliphatic rings. The number of ether oxygens (including phenoxy) is 2. The molecule has 0 saturated carbocycles. The van der Waals surface area contributed by atoms with Gasteiger partial charge in [-0.05, 0) is 0 Å². The lowest BCUT2D eigenvalue weighted by atomic mass is 10.0. The van der Waals surface area contributed by atoms with Gasteiger partial charge in [0.1, 0.15) is 11.6 Å². The number of carbonyl (C=O) groups excluding carboxylic acids is 1. The molecule has 0 radical (unpaired) electrons. The van der Waals surface area contributed by atoms with Crippen LogP contribution in [0.4, 0.5) is 4.79 Å². The van der Waals surface area contributed by atoms with Crippen molar-refractivity contribution < 1.29 is 29.3 Å². The number of amides is 2. The van der Waals surface area contributed by atoms with Crippen LogP contribution in [0.5, 0.6) is 0 Å². The number of aliphatic hydroxyl groups is 1. The van der Waals surface area contributed by atoms with Gasteiger partial charge in [-0.25, -0.2) is 9.59 Å². The van der Waals surface area contributed by atoms with Crippen LogP contribution >= 0.6 is 0 Å². The topological polar surface area (TPSA) is 108 Å². The van der Waals surface area contributed by atoms with Crippen molar-refractivity contribution in [2.75, 3.05) is 33.4 Å². The summed E-state index contributed by atoms with van der Waals surface area (Å²) in [5.74, 6) is -1.11. The van der Waals surface area contributed by atoms with Crippen LogP contribution in [-0.2, 0) is 14.3 Å². The molecule has 2 rings (SSSR count). The molecule has 0 aromatic rings. The quantitative estimate of drug-likeness (QED) is 0.613. The van der Waals surface area contributed by atoms with E-state index in [9.17, 15) is 14.7 Å². The molecule has 2 heterocycles. The van der Waals surface area contributed by atoms with Crippen LogP contribution < -0.4 is 5.32 Å². The number of nitrogens with one attached hydrogen (secondary N) is 1. The third kappa shape index (κ3) is 3.02. The minimum absolute atomic E-state index is 0.0271. The fourth-order valence-electron chi connectivity index (χ4n) is 2.57. The Kier molecular flexibility index (Phi) is 4.46. The average Bonchev–Trinajstić information content (AvgIpc) is 3.03. The minimum atomic E-state index is -1.11. The zero-order chi connectivity index (χ0) is 14.8. The Balaban J connectivity index is 1.92. The van der Waals surface area contributed by atoms with Crippen molar-refractivity contribution in [2.24, 2.45) is 0 Å². The summed E-state index contributed by atoms with van der Waals surface area (Å²) in [5, 5.41) is 21.2. The molecule has 0 aliphatic carbocycles. The van der Waals surface area contributed by atoms with Crippen molar-refractivity contribution in [3.05, 3.63) is 0 Å². The molecule has 0 aromatic heterocycles. The highest BCUT2D eigenvalue weighted by molar-refractivity contribution is 5.83. The first-order valence-electron chi connectivity index (χ1n) is 6.56. The Morgan fingerprint density at radius 1 is 1.55 bits per heavy atom. The molecule has 20 heavy (non-hydrogen) atoms. The highest BCUT2D eigenvalue weighted by Crippen LogP contribution is 2.22. The summed E-state index contributed by atoms with van der Waals surface area (Å²) >= 11 is 0. The molecule has 114 valence electrons. The van der Waals surface area contributed by atoms with Gasteiger partial charge in [0.25, 0.3) is 0 Å². The standard InChI is InChI=1S/C12H20N2O6/c1-19-12(2-3-20-7-12)6-13-11(18)14-5-8(15)4-9(14)10(16)17/h8-9,15H,2-7H2,1H3,(H,13,18)(H,16,17)/t8-,9+,12?/m1/s1. The molecule has 0 spiro atoms. The Morgan fingerprint density at radius 2 is 2.30 bits per heavy atom. The van der Waals surface area contributed by atoms with Crippen molar-refractivity contribution in [3.8, 4) is 0 Å². The highest BCUT2D eigenvalue weighted by atomic mass is 16.5. The van der Waals surface area contributed by atoms with Gasteiger partial charge in [0, 0.05) is 33.1 Å². The molecule has 3 atom stereocenters. The number of hydrogen-bond donors (Lipinski definition) is 3. The van der Waals surface area contributed by atoms with Crippen LogP contribution in [0.25, 0.3) is 0 Å². The number of nitrogens with zero attached hydrogens (tertiary/aromatic N) is 1. The van der Waals surface area contributed by atoms with E-state index < -0.39 is 29.7 Å². The predicted molar refractivity (Wildman–Crippen MR) is 67.3 cm³/mol. The number of aliphatic hydroxyl groups excluding tert-OH is 1. The number of hydrogen-bond acceptors (Lipinski definition) is 5. The van der Waals surface area contributed by atoms with Crippen LogP contribution in [0, 0.1) is 0 Å². The minimum Gasteiger partial charge on any atom is -0.480 e. The lowest BCUT2D eigenvalue weighted by molar-refractivity contribution is -0.141. The third-order valence-corrected chi connectivity index (χ3v) is 3.89. The van der Waals surface area contributed by atoms with E-state index in [0.29, 0.717) is 19.6 Å². The number of β-amino-alcohol motifs (C(OH)–C–C–N with tert-alkyl or cyclic N) is 1. The lowest BCUT2D eigenvalue weighted by Gasteiger charge is -2.28. The Labute approximate surface area is 116 Å². The van der Waals surface area contributed by atoms with Crippen molar-refractivity contribution in [1.82, 2.24) is 10.2 Å². The van der Waals surface area contributed by atoms with Crippen molar-refractivity contribution >= 4 is 12.0 Å². The van der Waals surface area contributed by atoms with E-state index in [1.54, 1.807) is 7.11 Å². The molecular weight excluding hydrogens is 268 g/mol. The zero-order valence-electron chi connectivity index (χ0n) is 11.4. The van der Waals surface area contributed by atoms with E-state index in [4.69, 9.17) is 14.6 Å². The molecule has 0 aromatic carbocycles. The van der Waals surface area contributed by atoms with E-state index in [1.165, 1.54) is 0 Å². The Bertz CT molecular complexity index is 382. The second-order valence-corrected chi connectivity index (χ2v) is 5.24. The van der Waals surface area contributed by atoms with E-state index in [2.05, 4.69) is 5.32 Å². The summed E-state index contributed by atoms with van der Waals surface area (Å²) in [6.45, 7) is 1.25. The maximum Gasteiger partial charge on any atom is 0.326 e. The fourth-order valence-corrected chi connectivity index (χ4v) is 2.57. The van der Waals surface area contributed by atoms with Gasteiger partial charge in [-0.3, -0.25) is 0 Å². The molecule has 2 fully saturated rings.